The van der Waals surface area contributed by atoms with E-state index in [4.69, 9.17) is 9.84 Å². The van der Waals surface area contributed by atoms with Crippen molar-refractivity contribution >= 4 is 17.7 Å². The molecule has 19 heavy (non-hydrogen) atoms. The Balaban J connectivity index is 2.90. The molecule has 0 heterocycles. The highest BCUT2D eigenvalue weighted by atomic mass is 16.5. The van der Waals surface area contributed by atoms with Gasteiger partial charge in [-0.1, -0.05) is 6.07 Å². The van der Waals surface area contributed by atoms with E-state index < -0.39 is 5.97 Å². The van der Waals surface area contributed by atoms with E-state index in [2.05, 4.69) is 11.8 Å². The number of benzene rings is 1. The highest BCUT2D eigenvalue weighted by Crippen LogP contribution is 2.21. The number of aliphatic carboxylic acids is 1. The van der Waals surface area contributed by atoms with Gasteiger partial charge in [-0.3, -0.25) is 0 Å². The number of aryl methyl sites for hydroxylation is 1. The summed E-state index contributed by atoms with van der Waals surface area (Å²) in [6, 6.07) is 6.25. The number of hydrogen-bond acceptors (Lipinski definition) is 3. The first-order chi connectivity index (χ1) is 8.95. The minimum Gasteiger partial charge on any atom is -0.478 e. The zero-order chi connectivity index (χ0) is 14.4. The monoisotopic (exact) mass is 263 g/mol. The topological polar surface area (TPSA) is 49.8 Å². The molecule has 1 atom stereocenters. The molecular weight excluding hydrogens is 242 g/mol. The van der Waals surface area contributed by atoms with Crippen molar-refractivity contribution in [1.29, 1.82) is 0 Å². The summed E-state index contributed by atoms with van der Waals surface area (Å²) in [4.78, 5) is 12.7. The summed E-state index contributed by atoms with van der Waals surface area (Å²) in [5, 5.41) is 8.63. The largest absolute Gasteiger partial charge is 0.478 e. The van der Waals surface area contributed by atoms with Crippen LogP contribution >= 0.6 is 0 Å². The van der Waals surface area contributed by atoms with Crippen LogP contribution in [0.25, 0.3) is 6.08 Å². The number of likely N-dealkylation sites (N-methyl/N-ethyl adjacent to an activating group) is 1. The minimum absolute atomic E-state index is 0.282. The van der Waals surface area contributed by atoms with Crippen LogP contribution in [-0.2, 0) is 9.53 Å². The molecule has 1 rings (SSSR count). The van der Waals surface area contributed by atoms with Gasteiger partial charge in [-0.2, -0.15) is 0 Å². The number of carbonyl (C=O) groups is 1. The van der Waals surface area contributed by atoms with E-state index in [0.717, 1.165) is 22.9 Å². The molecule has 4 heteroatoms. The molecule has 1 N–H and O–H groups in total. The Morgan fingerprint density at radius 3 is 2.74 bits per heavy atom. The molecule has 1 unspecified atom stereocenters. The SMILES string of the molecule is COCC(C)N(C)c1ccc(C=CC(=O)O)c(C)c1. The molecule has 0 aliphatic heterocycles. The van der Waals surface area contributed by atoms with Gasteiger partial charge in [0.05, 0.1) is 6.61 Å². The van der Waals surface area contributed by atoms with Crippen molar-refractivity contribution in [2.75, 3.05) is 25.7 Å². The van der Waals surface area contributed by atoms with E-state index in [1.165, 1.54) is 0 Å². The molecule has 0 aromatic heterocycles. The summed E-state index contributed by atoms with van der Waals surface area (Å²) >= 11 is 0. The van der Waals surface area contributed by atoms with Crippen LogP contribution in [0.1, 0.15) is 18.1 Å². The van der Waals surface area contributed by atoms with Crippen LogP contribution in [0.15, 0.2) is 24.3 Å². The standard InChI is InChI=1S/C15H21NO3/c1-11-9-14(16(3)12(2)10-19-4)7-5-13(11)6-8-15(17)18/h5-9,12H,10H2,1-4H3,(H,17,18). The number of nitrogens with zero attached hydrogens (tertiary/aromatic N) is 1. The molecule has 0 aliphatic carbocycles. The number of rotatable bonds is 6. The molecule has 1 aromatic rings. The van der Waals surface area contributed by atoms with Gasteiger partial charge in [-0.25, -0.2) is 4.79 Å². The number of ether oxygens (including phenoxy) is 1. The highest BCUT2D eigenvalue weighted by Gasteiger charge is 2.10. The summed E-state index contributed by atoms with van der Waals surface area (Å²) in [7, 11) is 3.71. The van der Waals surface area contributed by atoms with Crippen molar-refractivity contribution in [1.82, 2.24) is 0 Å². The fourth-order valence-corrected chi connectivity index (χ4v) is 1.83. The minimum atomic E-state index is -0.936. The maximum atomic E-state index is 10.5. The molecule has 0 amide bonds. The second-order valence-electron chi connectivity index (χ2n) is 4.63. The normalized spacial score (nSPS) is 12.6. The Bertz CT molecular complexity index is 468. The van der Waals surface area contributed by atoms with Crippen LogP contribution in [-0.4, -0.2) is 37.9 Å². The summed E-state index contributed by atoms with van der Waals surface area (Å²) < 4.78 is 5.15. The van der Waals surface area contributed by atoms with Crippen molar-refractivity contribution in [2.24, 2.45) is 0 Å². The Labute approximate surface area is 114 Å². The molecule has 0 aliphatic rings. The summed E-state index contributed by atoms with van der Waals surface area (Å²) in [5.74, 6) is -0.936. The second kappa shape index (κ2) is 6.95. The third-order valence-corrected chi connectivity index (χ3v) is 3.14. The molecule has 4 nitrogen and oxygen atoms in total. The summed E-state index contributed by atoms with van der Waals surface area (Å²) in [6.45, 7) is 4.73. The predicted molar refractivity (Wildman–Crippen MR) is 77.6 cm³/mol. The van der Waals surface area contributed by atoms with Gasteiger partial charge in [0.2, 0.25) is 0 Å². The molecule has 0 spiro atoms. The first kappa shape index (κ1) is 15.2. The Morgan fingerprint density at radius 2 is 2.21 bits per heavy atom. The second-order valence-corrected chi connectivity index (χ2v) is 4.63. The van der Waals surface area contributed by atoms with Crippen LogP contribution in [0, 0.1) is 6.92 Å². The Morgan fingerprint density at radius 1 is 1.53 bits per heavy atom. The average molecular weight is 263 g/mol. The van der Waals surface area contributed by atoms with Gasteiger partial charge in [0.15, 0.2) is 0 Å². The Kier molecular flexibility index (Phi) is 5.57. The van der Waals surface area contributed by atoms with Gasteiger partial charge < -0.3 is 14.7 Å². The van der Waals surface area contributed by atoms with Crippen molar-refractivity contribution in [3.8, 4) is 0 Å². The van der Waals surface area contributed by atoms with Gasteiger partial charge >= 0.3 is 5.97 Å². The van der Waals surface area contributed by atoms with Gasteiger partial charge in [0, 0.05) is 32.0 Å². The van der Waals surface area contributed by atoms with Crippen LogP contribution in [0.2, 0.25) is 0 Å². The van der Waals surface area contributed by atoms with Crippen molar-refractivity contribution in [3.63, 3.8) is 0 Å². The van der Waals surface area contributed by atoms with Crippen molar-refractivity contribution in [3.05, 3.63) is 35.4 Å². The van der Waals surface area contributed by atoms with Crippen LogP contribution < -0.4 is 4.90 Å². The van der Waals surface area contributed by atoms with Crippen LogP contribution in [0.4, 0.5) is 5.69 Å². The van der Waals surface area contributed by atoms with E-state index in [0.29, 0.717) is 6.61 Å². The number of methoxy groups -OCH3 is 1. The maximum Gasteiger partial charge on any atom is 0.328 e. The van der Waals surface area contributed by atoms with E-state index >= 15 is 0 Å². The van der Waals surface area contributed by atoms with Gasteiger partial charge in [-0.15, -0.1) is 0 Å². The quantitative estimate of drug-likeness (QED) is 0.801. The van der Waals surface area contributed by atoms with Crippen LogP contribution in [0.3, 0.4) is 0 Å². The molecular formula is C15H21NO3. The third kappa shape index (κ3) is 4.41. The van der Waals surface area contributed by atoms with Crippen molar-refractivity contribution < 1.29 is 14.6 Å². The number of carboxylic acid groups (broad SMARTS) is 1. The fourth-order valence-electron chi connectivity index (χ4n) is 1.83. The molecule has 0 saturated heterocycles. The van der Waals surface area contributed by atoms with E-state index in [1.54, 1.807) is 13.2 Å². The molecule has 0 saturated carbocycles. The molecule has 0 fully saturated rings. The lowest BCUT2D eigenvalue weighted by Gasteiger charge is -2.27. The highest BCUT2D eigenvalue weighted by molar-refractivity contribution is 5.85. The zero-order valence-electron chi connectivity index (χ0n) is 11.9. The fraction of sp³-hybridized carbons (Fsp3) is 0.400. The first-order valence-corrected chi connectivity index (χ1v) is 6.19. The van der Waals surface area contributed by atoms with Gasteiger partial charge in [0.25, 0.3) is 0 Å². The lowest BCUT2D eigenvalue weighted by Crippen LogP contribution is -2.32. The zero-order valence-corrected chi connectivity index (χ0v) is 11.9. The molecule has 0 bridgehead atoms. The predicted octanol–water partition coefficient (Wildman–Crippen LogP) is 2.56. The number of carboxylic acids is 1. The van der Waals surface area contributed by atoms with Crippen LogP contribution in [0.5, 0.6) is 0 Å². The first-order valence-electron chi connectivity index (χ1n) is 6.19. The number of anilines is 1. The van der Waals surface area contributed by atoms with Gasteiger partial charge in [0.1, 0.15) is 0 Å². The average Bonchev–Trinajstić information content (AvgIpc) is 2.36. The maximum absolute atomic E-state index is 10.5. The summed E-state index contributed by atoms with van der Waals surface area (Å²) in [6.07, 6.45) is 2.76. The summed E-state index contributed by atoms with van der Waals surface area (Å²) in [5.41, 5.74) is 3.06. The lowest BCUT2D eigenvalue weighted by molar-refractivity contribution is -0.131. The Hall–Kier alpha value is -1.81. The molecule has 0 radical (unpaired) electrons. The third-order valence-electron chi connectivity index (χ3n) is 3.14. The molecule has 1 aromatic carbocycles. The van der Waals surface area contributed by atoms with E-state index in [9.17, 15) is 4.79 Å². The van der Waals surface area contributed by atoms with Crippen molar-refractivity contribution in [2.45, 2.75) is 19.9 Å². The van der Waals surface area contributed by atoms with E-state index in [-0.39, 0.29) is 6.04 Å². The van der Waals surface area contributed by atoms with E-state index in [1.807, 2.05) is 32.2 Å². The van der Waals surface area contributed by atoms with Gasteiger partial charge in [-0.05, 0) is 43.2 Å². The lowest BCUT2D eigenvalue weighted by atomic mass is 10.1. The number of hydrogen-bond donors (Lipinski definition) is 1. The smallest absolute Gasteiger partial charge is 0.328 e. The molecule has 104 valence electrons.